The van der Waals surface area contributed by atoms with E-state index in [1.54, 1.807) is 23.3 Å². The Bertz CT molecular complexity index is 761. The van der Waals surface area contributed by atoms with Crippen molar-refractivity contribution in [2.45, 2.75) is 19.9 Å². The van der Waals surface area contributed by atoms with Crippen LogP contribution < -0.4 is 0 Å². The highest BCUT2D eigenvalue weighted by Gasteiger charge is 2.12. The molecule has 0 saturated heterocycles. The van der Waals surface area contributed by atoms with Gasteiger partial charge in [-0.1, -0.05) is 13.0 Å². The molecular weight excluding hydrogens is 250 g/mol. The lowest BCUT2D eigenvalue weighted by Crippen LogP contribution is -2.00. The molecule has 100 valence electrons. The Hall–Kier alpha value is -2.49. The number of aromatic nitrogens is 3. The lowest BCUT2D eigenvalue weighted by atomic mass is 10.0. The number of hydrogen-bond acceptors (Lipinski definition) is 3. The fraction of sp³-hybridized carbons (Fsp3) is 0.188. The summed E-state index contributed by atoms with van der Waals surface area (Å²) < 4.78 is 1.80. The van der Waals surface area contributed by atoms with Gasteiger partial charge < -0.3 is 0 Å². The zero-order valence-electron chi connectivity index (χ0n) is 11.3. The second-order valence-electron chi connectivity index (χ2n) is 4.73. The number of aryl methyl sites for hydroxylation is 1. The summed E-state index contributed by atoms with van der Waals surface area (Å²) in [5.74, 6) is -0.00175. The molecule has 0 N–H and O–H groups in total. The molecule has 0 spiro atoms. The van der Waals surface area contributed by atoms with Crippen LogP contribution in [0.15, 0.2) is 48.9 Å². The van der Waals surface area contributed by atoms with E-state index < -0.39 is 0 Å². The van der Waals surface area contributed by atoms with E-state index in [1.165, 1.54) is 0 Å². The Balaban J connectivity index is 1.94. The third-order valence-corrected chi connectivity index (χ3v) is 3.21. The molecule has 0 atom stereocenters. The Morgan fingerprint density at radius 3 is 3.00 bits per heavy atom. The first-order chi connectivity index (χ1) is 9.78. The normalized spacial score (nSPS) is 10.8. The van der Waals surface area contributed by atoms with E-state index in [0.29, 0.717) is 11.1 Å². The van der Waals surface area contributed by atoms with Crippen LogP contribution in [-0.2, 0) is 6.54 Å². The largest absolute Gasteiger partial charge is 0.288 e. The Morgan fingerprint density at radius 1 is 1.25 bits per heavy atom. The van der Waals surface area contributed by atoms with Gasteiger partial charge in [0.1, 0.15) is 0 Å². The van der Waals surface area contributed by atoms with Crippen molar-refractivity contribution in [2.75, 3.05) is 0 Å². The lowest BCUT2D eigenvalue weighted by Gasteiger charge is -2.01. The molecule has 0 aliphatic carbocycles. The molecular formula is C16H15N3O. The Kier molecular flexibility index (Phi) is 3.29. The monoisotopic (exact) mass is 265 g/mol. The van der Waals surface area contributed by atoms with Gasteiger partial charge in [0, 0.05) is 29.9 Å². The number of hydrogen-bond donors (Lipinski definition) is 0. The van der Waals surface area contributed by atoms with Crippen LogP contribution in [0.2, 0.25) is 0 Å². The number of carbonyl (C=O) groups is 1. The van der Waals surface area contributed by atoms with Crippen LogP contribution in [0, 0.1) is 0 Å². The van der Waals surface area contributed by atoms with Gasteiger partial charge in [-0.15, -0.1) is 0 Å². The van der Waals surface area contributed by atoms with Crippen molar-refractivity contribution in [3.05, 3.63) is 60.0 Å². The summed E-state index contributed by atoms with van der Waals surface area (Å²) in [5, 5.41) is 5.17. The number of pyridine rings is 1. The van der Waals surface area contributed by atoms with Gasteiger partial charge in [0.25, 0.3) is 0 Å². The van der Waals surface area contributed by atoms with E-state index in [4.69, 9.17) is 0 Å². The topological polar surface area (TPSA) is 47.8 Å². The molecule has 4 heteroatoms. The van der Waals surface area contributed by atoms with Gasteiger partial charge in [0.15, 0.2) is 5.78 Å². The van der Waals surface area contributed by atoms with Crippen LogP contribution in [0.25, 0.3) is 10.9 Å². The van der Waals surface area contributed by atoms with Gasteiger partial charge in [-0.3, -0.25) is 14.5 Å². The van der Waals surface area contributed by atoms with E-state index in [-0.39, 0.29) is 5.78 Å². The van der Waals surface area contributed by atoms with Gasteiger partial charge in [-0.05, 0) is 30.7 Å². The predicted octanol–water partition coefficient (Wildman–Crippen LogP) is 3.07. The summed E-state index contributed by atoms with van der Waals surface area (Å²) in [5.41, 5.74) is 2.19. The third-order valence-electron chi connectivity index (χ3n) is 3.21. The van der Waals surface area contributed by atoms with E-state index in [1.807, 2.05) is 30.3 Å². The lowest BCUT2D eigenvalue weighted by molar-refractivity contribution is 0.103. The second-order valence-corrected chi connectivity index (χ2v) is 4.73. The maximum Gasteiger partial charge on any atom is 0.196 e. The van der Waals surface area contributed by atoms with Crippen LogP contribution in [0.4, 0.5) is 0 Å². The Morgan fingerprint density at radius 2 is 2.15 bits per heavy atom. The van der Waals surface area contributed by atoms with E-state index in [2.05, 4.69) is 17.0 Å². The van der Waals surface area contributed by atoms with Gasteiger partial charge in [-0.2, -0.15) is 5.10 Å². The SMILES string of the molecule is CCCn1cc(C(=O)c2ccc3ncccc3c2)cn1. The van der Waals surface area contributed by atoms with E-state index in [0.717, 1.165) is 23.9 Å². The van der Waals surface area contributed by atoms with Crippen molar-refractivity contribution in [2.24, 2.45) is 0 Å². The van der Waals surface area contributed by atoms with Crippen LogP contribution in [0.1, 0.15) is 29.3 Å². The second kappa shape index (κ2) is 5.25. The molecule has 2 heterocycles. The highest BCUT2D eigenvalue weighted by atomic mass is 16.1. The van der Waals surface area contributed by atoms with Crippen molar-refractivity contribution in [1.29, 1.82) is 0 Å². The highest BCUT2D eigenvalue weighted by Crippen LogP contribution is 2.16. The van der Waals surface area contributed by atoms with E-state index in [9.17, 15) is 4.79 Å². The summed E-state index contributed by atoms with van der Waals surface area (Å²) in [6.07, 6.45) is 6.18. The molecule has 3 aromatic rings. The van der Waals surface area contributed by atoms with Gasteiger partial charge in [-0.25, -0.2) is 0 Å². The van der Waals surface area contributed by atoms with Crippen molar-refractivity contribution < 1.29 is 4.79 Å². The van der Waals surface area contributed by atoms with Crippen molar-refractivity contribution in [3.8, 4) is 0 Å². The quantitative estimate of drug-likeness (QED) is 0.681. The minimum atomic E-state index is -0.00175. The molecule has 0 saturated carbocycles. The molecule has 0 fully saturated rings. The molecule has 4 nitrogen and oxygen atoms in total. The molecule has 0 amide bonds. The third kappa shape index (κ3) is 2.32. The number of fused-ring (bicyclic) bond motifs is 1. The van der Waals surface area contributed by atoms with Gasteiger partial charge in [0.05, 0.1) is 17.3 Å². The molecule has 0 aliphatic rings. The van der Waals surface area contributed by atoms with Crippen molar-refractivity contribution >= 4 is 16.7 Å². The van der Waals surface area contributed by atoms with Gasteiger partial charge >= 0.3 is 0 Å². The molecule has 0 aliphatic heterocycles. The fourth-order valence-corrected chi connectivity index (χ4v) is 2.22. The maximum absolute atomic E-state index is 12.4. The summed E-state index contributed by atoms with van der Waals surface area (Å²) in [6, 6.07) is 9.39. The van der Waals surface area contributed by atoms with Crippen LogP contribution in [0.3, 0.4) is 0 Å². The van der Waals surface area contributed by atoms with Gasteiger partial charge in [0.2, 0.25) is 0 Å². The minimum absolute atomic E-state index is 0.00175. The van der Waals surface area contributed by atoms with Crippen LogP contribution in [0.5, 0.6) is 0 Å². The zero-order chi connectivity index (χ0) is 13.9. The number of carbonyl (C=O) groups excluding carboxylic acids is 1. The maximum atomic E-state index is 12.4. The number of benzene rings is 1. The molecule has 0 radical (unpaired) electrons. The molecule has 3 rings (SSSR count). The smallest absolute Gasteiger partial charge is 0.196 e. The summed E-state index contributed by atoms with van der Waals surface area (Å²) in [7, 11) is 0. The summed E-state index contributed by atoms with van der Waals surface area (Å²) >= 11 is 0. The molecule has 0 bridgehead atoms. The Labute approximate surface area is 117 Å². The van der Waals surface area contributed by atoms with Crippen molar-refractivity contribution in [1.82, 2.24) is 14.8 Å². The average Bonchev–Trinajstić information content (AvgIpc) is 2.95. The standard InChI is InChI=1S/C16H15N3O/c1-2-8-19-11-14(10-18-19)16(20)13-5-6-15-12(9-13)4-3-7-17-15/h3-7,9-11H,2,8H2,1H3. The number of nitrogens with zero attached hydrogens (tertiary/aromatic N) is 3. The first-order valence-corrected chi connectivity index (χ1v) is 6.70. The fourth-order valence-electron chi connectivity index (χ4n) is 2.22. The van der Waals surface area contributed by atoms with Crippen LogP contribution >= 0.6 is 0 Å². The zero-order valence-corrected chi connectivity index (χ0v) is 11.3. The minimum Gasteiger partial charge on any atom is -0.288 e. The van der Waals surface area contributed by atoms with Crippen molar-refractivity contribution in [3.63, 3.8) is 0 Å². The highest BCUT2D eigenvalue weighted by molar-refractivity contribution is 6.10. The first-order valence-electron chi connectivity index (χ1n) is 6.70. The molecule has 1 aromatic carbocycles. The summed E-state index contributed by atoms with van der Waals surface area (Å²) in [4.78, 5) is 16.7. The molecule has 2 aromatic heterocycles. The summed E-state index contributed by atoms with van der Waals surface area (Å²) in [6.45, 7) is 2.91. The van der Waals surface area contributed by atoms with E-state index >= 15 is 0 Å². The molecule has 20 heavy (non-hydrogen) atoms. The average molecular weight is 265 g/mol. The first kappa shape index (κ1) is 12.5. The predicted molar refractivity (Wildman–Crippen MR) is 77.7 cm³/mol. The van der Waals surface area contributed by atoms with Crippen LogP contribution in [-0.4, -0.2) is 20.5 Å². The number of ketones is 1. The molecule has 0 unspecified atom stereocenters. The number of rotatable bonds is 4.